The van der Waals surface area contributed by atoms with Crippen LogP contribution in [0, 0.1) is 0 Å². The summed E-state index contributed by atoms with van der Waals surface area (Å²) < 4.78 is 34.4. The molecule has 0 aliphatic rings. The predicted octanol–water partition coefficient (Wildman–Crippen LogP) is 11.6. The van der Waals surface area contributed by atoms with Crippen molar-refractivity contribution in [2.75, 3.05) is 54.1 Å². The summed E-state index contributed by atoms with van der Waals surface area (Å²) in [6, 6.07) is 0. The van der Waals surface area contributed by atoms with E-state index in [1.807, 2.05) is 27.2 Å². The van der Waals surface area contributed by atoms with Crippen molar-refractivity contribution < 1.29 is 37.3 Å². The first-order chi connectivity index (χ1) is 26.6. The Kier molecular flexibility index (Phi) is 36.5. The minimum absolute atomic E-state index is 0.00493. The molecule has 0 heterocycles. The van der Waals surface area contributed by atoms with Gasteiger partial charge in [0, 0.05) is 6.42 Å². The number of phosphoric acid groups is 1. The maximum Gasteiger partial charge on any atom is 0.306 e. The first-order valence-electron chi connectivity index (χ1n) is 21.0. The SMILES string of the molecule is CC/C=C\C/C=C\C/C=C\C/C=C\C/C=C\CCOCC(COP(=O)([O-])OCC[N+](C)(C)C)OC(=O)CCCCCCCCC/C=C\C/C=C\C/C=C\CC. The molecule has 0 N–H and O–H groups in total. The second-order valence-corrected chi connectivity index (χ2v) is 16.0. The van der Waals surface area contributed by atoms with Crippen LogP contribution in [0.5, 0.6) is 0 Å². The molecule has 0 spiro atoms. The Morgan fingerprint density at radius 2 is 1.00 bits per heavy atom. The second kappa shape index (κ2) is 38.3. The van der Waals surface area contributed by atoms with Crippen molar-refractivity contribution in [2.24, 2.45) is 0 Å². The lowest BCUT2D eigenvalue weighted by atomic mass is 10.1. The summed E-state index contributed by atoms with van der Waals surface area (Å²) in [5, 5.41) is 0. The molecule has 0 aromatic heterocycles. The fourth-order valence-electron chi connectivity index (χ4n) is 4.98. The molecule has 0 saturated carbocycles. The van der Waals surface area contributed by atoms with Crippen LogP contribution in [0.1, 0.15) is 129 Å². The monoisotopic (exact) mass is 788 g/mol. The van der Waals surface area contributed by atoms with E-state index in [1.54, 1.807) is 0 Å². The van der Waals surface area contributed by atoms with Gasteiger partial charge in [0.05, 0.1) is 41.0 Å². The summed E-state index contributed by atoms with van der Waals surface area (Å²) in [6.45, 7) is 4.90. The highest BCUT2D eigenvalue weighted by Gasteiger charge is 2.20. The Labute approximate surface area is 337 Å². The van der Waals surface area contributed by atoms with Gasteiger partial charge in [-0.1, -0.05) is 143 Å². The summed E-state index contributed by atoms with van der Waals surface area (Å²) in [6.07, 6.45) is 51.6. The zero-order chi connectivity index (χ0) is 40.6. The van der Waals surface area contributed by atoms with Gasteiger partial charge in [-0.3, -0.25) is 9.36 Å². The van der Waals surface area contributed by atoms with E-state index in [0.29, 0.717) is 24.1 Å². The van der Waals surface area contributed by atoms with E-state index in [9.17, 15) is 14.3 Å². The van der Waals surface area contributed by atoms with Crippen LogP contribution in [0.2, 0.25) is 0 Å². The Balaban J connectivity index is 4.41. The number of unbranched alkanes of at least 4 members (excludes halogenated alkanes) is 7. The van der Waals surface area contributed by atoms with Gasteiger partial charge < -0.3 is 27.9 Å². The summed E-state index contributed by atoms with van der Waals surface area (Å²) >= 11 is 0. The van der Waals surface area contributed by atoms with Crippen LogP contribution in [0.25, 0.3) is 0 Å². The first-order valence-corrected chi connectivity index (χ1v) is 22.4. The molecule has 314 valence electrons. The van der Waals surface area contributed by atoms with E-state index in [-0.39, 0.29) is 32.2 Å². The number of likely N-dealkylation sites (N-methyl/N-ethyl adjacent to an activating group) is 1. The number of rotatable bonds is 37. The zero-order valence-corrected chi connectivity index (χ0v) is 36.2. The molecule has 0 fully saturated rings. The van der Waals surface area contributed by atoms with Gasteiger partial charge in [0.15, 0.2) is 0 Å². The minimum atomic E-state index is -4.55. The van der Waals surface area contributed by atoms with Gasteiger partial charge in [-0.15, -0.1) is 0 Å². The molecule has 8 nitrogen and oxygen atoms in total. The number of nitrogens with zero attached hydrogens (tertiary/aromatic N) is 1. The van der Waals surface area contributed by atoms with Crippen LogP contribution < -0.4 is 4.89 Å². The third-order valence-electron chi connectivity index (χ3n) is 8.15. The molecule has 0 saturated heterocycles. The van der Waals surface area contributed by atoms with Crippen LogP contribution in [-0.4, -0.2) is 70.7 Å². The quantitative estimate of drug-likeness (QED) is 0.0203. The van der Waals surface area contributed by atoms with E-state index in [2.05, 4.69) is 105 Å². The lowest BCUT2D eigenvalue weighted by Crippen LogP contribution is -2.37. The number of allylic oxidation sites excluding steroid dienone is 15. The Morgan fingerprint density at radius 1 is 0.564 bits per heavy atom. The molecule has 0 aromatic rings. The normalized spacial score (nSPS) is 14.8. The number of hydrogen-bond donors (Lipinski definition) is 0. The van der Waals surface area contributed by atoms with E-state index in [0.717, 1.165) is 83.5 Å². The fraction of sp³-hybridized carbons (Fsp3) is 0.630. The molecule has 0 aliphatic heterocycles. The van der Waals surface area contributed by atoms with Gasteiger partial charge in [0.1, 0.15) is 19.3 Å². The van der Waals surface area contributed by atoms with Crippen LogP contribution in [0.15, 0.2) is 97.2 Å². The molecular formula is C46H78NO7P. The average molecular weight is 788 g/mol. The molecule has 2 unspecified atom stereocenters. The van der Waals surface area contributed by atoms with E-state index >= 15 is 0 Å². The Morgan fingerprint density at radius 3 is 1.49 bits per heavy atom. The molecule has 55 heavy (non-hydrogen) atoms. The van der Waals surface area contributed by atoms with Gasteiger partial charge in [0.2, 0.25) is 0 Å². The molecule has 0 aliphatic carbocycles. The van der Waals surface area contributed by atoms with E-state index < -0.39 is 13.9 Å². The van der Waals surface area contributed by atoms with Gasteiger partial charge in [-0.2, -0.15) is 0 Å². The highest BCUT2D eigenvalue weighted by atomic mass is 31.2. The number of quaternary nitrogens is 1. The van der Waals surface area contributed by atoms with Crippen molar-refractivity contribution in [3.05, 3.63) is 97.2 Å². The van der Waals surface area contributed by atoms with Crippen molar-refractivity contribution >= 4 is 13.8 Å². The summed E-state index contributed by atoms with van der Waals surface area (Å²) in [4.78, 5) is 25.0. The van der Waals surface area contributed by atoms with E-state index in [4.69, 9.17) is 18.5 Å². The molecule has 0 amide bonds. The van der Waals surface area contributed by atoms with Crippen molar-refractivity contribution in [2.45, 2.75) is 136 Å². The highest BCUT2D eigenvalue weighted by molar-refractivity contribution is 7.45. The molecule has 0 rings (SSSR count). The van der Waals surface area contributed by atoms with Crippen molar-refractivity contribution in [1.29, 1.82) is 0 Å². The smallest absolute Gasteiger partial charge is 0.306 e. The van der Waals surface area contributed by atoms with Crippen molar-refractivity contribution in [1.82, 2.24) is 0 Å². The number of carbonyl (C=O) groups is 1. The van der Waals surface area contributed by atoms with Crippen molar-refractivity contribution in [3.63, 3.8) is 0 Å². The zero-order valence-electron chi connectivity index (χ0n) is 35.3. The minimum Gasteiger partial charge on any atom is -0.756 e. The lowest BCUT2D eigenvalue weighted by Gasteiger charge is -2.28. The first kappa shape index (κ1) is 52.4. The summed E-state index contributed by atoms with van der Waals surface area (Å²) in [5.74, 6) is -0.374. The second-order valence-electron chi connectivity index (χ2n) is 14.6. The van der Waals surface area contributed by atoms with Crippen molar-refractivity contribution in [3.8, 4) is 0 Å². The maximum atomic E-state index is 12.7. The van der Waals surface area contributed by atoms with Crippen LogP contribution in [0.4, 0.5) is 0 Å². The number of ether oxygens (including phenoxy) is 2. The predicted molar refractivity (Wildman–Crippen MR) is 231 cm³/mol. The number of esters is 1. The number of phosphoric ester groups is 1. The number of carbonyl (C=O) groups excluding carboxylic acids is 1. The van der Waals surface area contributed by atoms with Gasteiger partial charge in [-0.05, 0) is 77.0 Å². The molecule has 2 atom stereocenters. The molecule has 0 radical (unpaired) electrons. The maximum absolute atomic E-state index is 12.7. The standard InChI is InChI=1S/C46H78NO7P/c1-6-8-10-12-14-16-18-20-22-24-25-27-29-31-33-35-37-39-46(48)54-45(44-53-55(49,50)52-42-40-47(3,4)5)43-51-41-38-36-34-32-30-28-26-23-21-19-17-15-13-11-9-7-2/h8-11,14-17,20-23,28,30,34,36,45H,6-7,12-13,18-19,24-27,29,31-33,35,37-44H2,1-5H3/b10-8-,11-9-,16-14-,17-15-,22-20-,23-21-,30-28-,36-34-. The number of hydrogen-bond acceptors (Lipinski definition) is 7. The fourth-order valence-corrected chi connectivity index (χ4v) is 5.70. The third-order valence-corrected chi connectivity index (χ3v) is 9.11. The average Bonchev–Trinajstić information content (AvgIpc) is 3.13. The van der Waals surface area contributed by atoms with Crippen LogP contribution in [0.3, 0.4) is 0 Å². The largest absolute Gasteiger partial charge is 0.756 e. The summed E-state index contributed by atoms with van der Waals surface area (Å²) in [5.41, 5.74) is 0. The topological polar surface area (TPSA) is 94.1 Å². The lowest BCUT2D eigenvalue weighted by molar-refractivity contribution is -0.870. The summed E-state index contributed by atoms with van der Waals surface area (Å²) in [7, 11) is 1.28. The van der Waals surface area contributed by atoms with Crippen LogP contribution in [-0.2, 0) is 27.9 Å². The highest BCUT2D eigenvalue weighted by Crippen LogP contribution is 2.38. The molecule has 0 bridgehead atoms. The molecule has 9 heteroatoms. The third kappa shape index (κ3) is 42.4. The molecular weight excluding hydrogens is 709 g/mol. The van der Waals surface area contributed by atoms with E-state index in [1.165, 1.54) is 19.3 Å². The Bertz CT molecular complexity index is 1190. The Hall–Kier alpha value is -2.58. The van der Waals surface area contributed by atoms with Gasteiger partial charge in [0.25, 0.3) is 7.82 Å². The molecule has 0 aromatic carbocycles. The van der Waals surface area contributed by atoms with Gasteiger partial charge >= 0.3 is 5.97 Å². The van der Waals surface area contributed by atoms with Crippen LogP contribution >= 0.6 is 7.82 Å². The van der Waals surface area contributed by atoms with Gasteiger partial charge in [-0.25, -0.2) is 0 Å².